The highest BCUT2D eigenvalue weighted by Gasteiger charge is 2.33. The second-order valence-electron chi connectivity index (χ2n) is 7.58. The lowest BCUT2D eigenvalue weighted by molar-refractivity contribution is -0.144. The highest BCUT2D eigenvalue weighted by molar-refractivity contribution is 5.95. The van der Waals surface area contributed by atoms with E-state index in [4.69, 9.17) is 33.8 Å². The maximum Gasteiger partial charge on any atom is 0.326 e. The third-order valence-corrected chi connectivity index (χ3v) is 4.42. The Bertz CT molecular complexity index is 829. The zero-order chi connectivity index (χ0) is 27.3. The summed E-state index contributed by atoms with van der Waals surface area (Å²) in [5.41, 5.74) is 26.0. The number of hydrogen-bond acceptors (Lipinski definition) is 9. The van der Waals surface area contributed by atoms with Gasteiger partial charge in [-0.25, -0.2) is 4.79 Å². The summed E-state index contributed by atoms with van der Waals surface area (Å²) in [7, 11) is 0. The summed E-state index contributed by atoms with van der Waals surface area (Å²) in [6, 6.07) is -6.05. The Morgan fingerprint density at radius 1 is 0.829 bits per heavy atom. The number of carbonyl (C=O) groups is 6. The third-order valence-electron chi connectivity index (χ3n) is 4.42. The number of nitrogens with zero attached hydrogens (tertiary/aromatic N) is 1. The number of carboxylic acid groups (broad SMARTS) is 1. The molecule has 17 heteroatoms. The molecule has 198 valence electrons. The van der Waals surface area contributed by atoms with E-state index in [9.17, 15) is 33.9 Å². The van der Waals surface area contributed by atoms with Crippen LogP contribution in [0.5, 0.6) is 0 Å². The third kappa shape index (κ3) is 12.7. The molecule has 0 rings (SSSR count). The molecule has 0 aliphatic carbocycles. The average Bonchev–Trinajstić information content (AvgIpc) is 2.71. The Morgan fingerprint density at radius 3 is 1.83 bits per heavy atom. The molecule has 17 nitrogen and oxygen atoms in total. The normalized spacial score (nSPS) is 14.8. The van der Waals surface area contributed by atoms with Crippen molar-refractivity contribution in [1.82, 2.24) is 16.0 Å². The van der Waals surface area contributed by atoms with Crippen LogP contribution in [0.4, 0.5) is 0 Å². The number of aliphatic hydroxyl groups is 1. The molecule has 5 atom stereocenters. The van der Waals surface area contributed by atoms with Crippen molar-refractivity contribution in [2.24, 2.45) is 33.7 Å². The van der Waals surface area contributed by atoms with Crippen LogP contribution in [0.3, 0.4) is 0 Å². The van der Waals surface area contributed by atoms with E-state index in [0.29, 0.717) is 0 Å². The largest absolute Gasteiger partial charge is 0.480 e. The summed E-state index contributed by atoms with van der Waals surface area (Å²) in [6.45, 7) is 1.23. The number of carbonyl (C=O) groups excluding carboxylic acids is 5. The van der Waals surface area contributed by atoms with E-state index in [-0.39, 0.29) is 25.3 Å². The number of aliphatic carboxylic acids is 1. The SMILES string of the molecule is CC(O)C(NC(=O)C(CCCN=C(N)N)NC(=O)C(N)CC(N)=O)C(=O)NC(CC(N)=O)C(=O)O. The first-order valence-corrected chi connectivity index (χ1v) is 10.3. The van der Waals surface area contributed by atoms with Gasteiger partial charge in [0.05, 0.1) is 25.0 Å². The van der Waals surface area contributed by atoms with E-state index in [0.717, 1.165) is 6.92 Å². The van der Waals surface area contributed by atoms with E-state index >= 15 is 0 Å². The summed E-state index contributed by atoms with van der Waals surface area (Å²) in [4.78, 5) is 74.7. The van der Waals surface area contributed by atoms with Crippen molar-refractivity contribution in [2.75, 3.05) is 6.54 Å². The van der Waals surface area contributed by atoms with Crippen LogP contribution in [0.15, 0.2) is 4.99 Å². The van der Waals surface area contributed by atoms with Crippen molar-refractivity contribution in [3.63, 3.8) is 0 Å². The van der Waals surface area contributed by atoms with Crippen LogP contribution < -0.4 is 44.6 Å². The maximum atomic E-state index is 12.8. The van der Waals surface area contributed by atoms with Gasteiger partial charge in [-0.3, -0.25) is 29.0 Å². The number of aliphatic hydroxyl groups excluding tert-OH is 1. The van der Waals surface area contributed by atoms with Crippen molar-refractivity contribution in [3.05, 3.63) is 0 Å². The molecule has 0 bridgehead atoms. The molecule has 5 unspecified atom stereocenters. The first-order valence-electron chi connectivity index (χ1n) is 10.3. The van der Waals surface area contributed by atoms with E-state index in [1.165, 1.54) is 0 Å². The van der Waals surface area contributed by atoms with E-state index in [2.05, 4.69) is 15.6 Å². The number of nitrogens with two attached hydrogens (primary N) is 5. The molecule has 5 amide bonds. The first kappa shape index (κ1) is 31.0. The van der Waals surface area contributed by atoms with Gasteiger partial charge >= 0.3 is 5.97 Å². The predicted molar refractivity (Wildman–Crippen MR) is 121 cm³/mol. The van der Waals surface area contributed by atoms with Gasteiger partial charge in [0.1, 0.15) is 18.1 Å². The van der Waals surface area contributed by atoms with Crippen LogP contribution in [0.25, 0.3) is 0 Å². The molecule has 0 aromatic heterocycles. The Hall–Kier alpha value is -3.99. The molecule has 15 N–H and O–H groups in total. The van der Waals surface area contributed by atoms with Gasteiger partial charge < -0.3 is 54.8 Å². The monoisotopic (exact) mass is 503 g/mol. The highest BCUT2D eigenvalue weighted by atomic mass is 16.4. The van der Waals surface area contributed by atoms with Crippen molar-refractivity contribution < 1.29 is 39.0 Å². The number of hydrogen-bond donors (Lipinski definition) is 10. The minimum atomic E-state index is -1.71. The Balaban J connectivity index is 5.56. The zero-order valence-electron chi connectivity index (χ0n) is 19.1. The molecule has 0 radical (unpaired) electrons. The quantitative estimate of drug-likeness (QED) is 0.0536. The van der Waals surface area contributed by atoms with Crippen LogP contribution in [0.1, 0.15) is 32.6 Å². The topological polar surface area (TPSA) is 321 Å². The van der Waals surface area contributed by atoms with Gasteiger partial charge in [-0.1, -0.05) is 0 Å². The van der Waals surface area contributed by atoms with Gasteiger partial charge in [-0.15, -0.1) is 0 Å². The fourth-order valence-electron chi connectivity index (χ4n) is 2.68. The Morgan fingerprint density at radius 2 is 1.37 bits per heavy atom. The fourth-order valence-corrected chi connectivity index (χ4v) is 2.68. The molecule has 35 heavy (non-hydrogen) atoms. The van der Waals surface area contributed by atoms with Gasteiger partial charge in [-0.2, -0.15) is 0 Å². The lowest BCUT2D eigenvalue weighted by atomic mass is 10.1. The van der Waals surface area contributed by atoms with E-state index < -0.39 is 78.6 Å². The number of guanidine groups is 1. The molecular formula is C18H33N9O8. The van der Waals surface area contributed by atoms with Crippen LogP contribution in [-0.2, 0) is 28.8 Å². The number of primary amides is 2. The number of nitrogens with one attached hydrogen (secondary N) is 3. The summed E-state index contributed by atoms with van der Waals surface area (Å²) in [5.74, 6) is -6.59. The van der Waals surface area contributed by atoms with Crippen molar-refractivity contribution in [3.8, 4) is 0 Å². The molecule has 0 saturated heterocycles. The highest BCUT2D eigenvalue weighted by Crippen LogP contribution is 2.04. The summed E-state index contributed by atoms with van der Waals surface area (Å²) < 4.78 is 0. The van der Waals surface area contributed by atoms with Crippen LogP contribution in [-0.4, -0.2) is 88.5 Å². The van der Waals surface area contributed by atoms with Gasteiger partial charge in [0, 0.05) is 6.54 Å². The van der Waals surface area contributed by atoms with Gasteiger partial charge in [0.25, 0.3) is 0 Å². The van der Waals surface area contributed by atoms with Gasteiger partial charge in [0.15, 0.2) is 5.96 Å². The van der Waals surface area contributed by atoms with Crippen LogP contribution >= 0.6 is 0 Å². The van der Waals surface area contributed by atoms with Crippen molar-refractivity contribution in [2.45, 2.75) is 62.9 Å². The number of amides is 5. The Kier molecular flexibility index (Phi) is 13.3. The summed E-state index contributed by atoms with van der Waals surface area (Å²) in [5, 5.41) is 25.6. The average molecular weight is 504 g/mol. The molecule has 0 fully saturated rings. The molecular weight excluding hydrogens is 470 g/mol. The fraction of sp³-hybridized carbons (Fsp3) is 0.611. The number of carboxylic acids is 1. The molecule has 0 aliphatic heterocycles. The lowest BCUT2D eigenvalue weighted by Crippen LogP contribution is -2.60. The van der Waals surface area contributed by atoms with Gasteiger partial charge in [0.2, 0.25) is 29.5 Å². The standard InChI is InChI=1S/C18H33N9O8/c1-7(28)13(16(33)26-10(17(34)35)6-12(21)30)27-15(32)9(3-2-4-24-18(22)23)25-14(31)8(19)5-11(20)29/h7-10,13,28H,2-6,19H2,1H3,(H2,20,29)(H2,21,30)(H,25,31)(H,26,33)(H,27,32)(H,34,35)(H4,22,23,24). The van der Waals surface area contributed by atoms with E-state index in [1.54, 1.807) is 0 Å². The minimum Gasteiger partial charge on any atom is -0.480 e. The second kappa shape index (κ2) is 15.0. The zero-order valence-corrected chi connectivity index (χ0v) is 19.1. The number of rotatable bonds is 16. The smallest absolute Gasteiger partial charge is 0.326 e. The lowest BCUT2D eigenvalue weighted by Gasteiger charge is -2.26. The molecule has 0 aliphatic rings. The first-order chi connectivity index (χ1) is 16.1. The molecule has 0 spiro atoms. The second-order valence-corrected chi connectivity index (χ2v) is 7.58. The molecule has 0 heterocycles. The maximum absolute atomic E-state index is 12.8. The van der Waals surface area contributed by atoms with Crippen LogP contribution in [0, 0.1) is 0 Å². The van der Waals surface area contributed by atoms with Crippen molar-refractivity contribution in [1.29, 1.82) is 0 Å². The van der Waals surface area contributed by atoms with E-state index in [1.807, 2.05) is 5.32 Å². The molecule has 0 aromatic rings. The van der Waals surface area contributed by atoms with Gasteiger partial charge in [-0.05, 0) is 19.8 Å². The van der Waals surface area contributed by atoms with Crippen LogP contribution in [0.2, 0.25) is 0 Å². The van der Waals surface area contributed by atoms with Crippen molar-refractivity contribution >= 4 is 41.5 Å². The summed E-state index contributed by atoms with van der Waals surface area (Å²) in [6.07, 6.45) is -2.61. The molecule has 0 aromatic carbocycles. The molecule has 0 saturated carbocycles. The summed E-state index contributed by atoms with van der Waals surface area (Å²) >= 11 is 0. The number of aliphatic imine (C=N–C) groups is 1. The predicted octanol–water partition coefficient (Wildman–Crippen LogP) is -5.96. The minimum absolute atomic E-state index is 0.0504. The Labute approximate surface area is 200 Å².